The number of hydrogen-bond donors (Lipinski definition) is 3. The van der Waals surface area contributed by atoms with E-state index in [9.17, 15) is 0 Å². The van der Waals surface area contributed by atoms with Crippen molar-refractivity contribution in [3.05, 3.63) is 48.6 Å². The molecule has 2 heterocycles. The molecule has 1 unspecified atom stereocenters. The zero-order chi connectivity index (χ0) is 15.6. The molecule has 0 radical (unpaired) electrons. The molecule has 0 spiro atoms. The van der Waals surface area contributed by atoms with Gasteiger partial charge in [0.25, 0.3) is 0 Å². The van der Waals surface area contributed by atoms with Gasteiger partial charge in [-0.25, -0.2) is 0 Å². The highest BCUT2D eigenvalue weighted by molar-refractivity contribution is 5.20. The topological polar surface area (TPSA) is 47.5 Å². The normalized spacial score (nSPS) is 22.9. The largest absolute Gasteiger partial charge is 0.316 e. The van der Waals surface area contributed by atoms with E-state index in [0.717, 1.165) is 44.9 Å². The first-order valence-corrected chi connectivity index (χ1v) is 8.33. The Kier molecular flexibility index (Phi) is 7.60. The van der Waals surface area contributed by atoms with Crippen molar-refractivity contribution < 1.29 is 5.21 Å². The summed E-state index contributed by atoms with van der Waals surface area (Å²) in [4.78, 5) is 0. The average Bonchev–Trinajstić information content (AvgIpc) is 3.10. The van der Waals surface area contributed by atoms with E-state index >= 15 is 0 Å². The third-order valence-electron chi connectivity index (χ3n) is 4.35. The van der Waals surface area contributed by atoms with Gasteiger partial charge in [0, 0.05) is 32.2 Å². The van der Waals surface area contributed by atoms with Crippen LogP contribution in [-0.2, 0) is 0 Å². The fourth-order valence-electron chi connectivity index (χ4n) is 2.98. The van der Waals surface area contributed by atoms with Crippen LogP contribution in [0.1, 0.15) is 30.7 Å². The fourth-order valence-corrected chi connectivity index (χ4v) is 2.98. The maximum absolute atomic E-state index is 9.04. The molecule has 1 atom stereocenters. The molecule has 2 aliphatic rings. The molecular weight excluding hydrogens is 274 g/mol. The highest BCUT2D eigenvalue weighted by Crippen LogP contribution is 2.21. The molecule has 22 heavy (non-hydrogen) atoms. The van der Waals surface area contributed by atoms with Crippen molar-refractivity contribution in [1.82, 2.24) is 15.7 Å². The van der Waals surface area contributed by atoms with Gasteiger partial charge in [-0.2, -0.15) is 5.06 Å². The third-order valence-corrected chi connectivity index (χ3v) is 4.35. The van der Waals surface area contributed by atoms with E-state index < -0.39 is 0 Å². The van der Waals surface area contributed by atoms with Gasteiger partial charge in [0.2, 0.25) is 0 Å². The second-order valence-electron chi connectivity index (χ2n) is 6.03. The second kappa shape index (κ2) is 9.74. The molecule has 1 aromatic rings. The monoisotopic (exact) mass is 303 g/mol. The predicted molar refractivity (Wildman–Crippen MR) is 91.3 cm³/mol. The summed E-state index contributed by atoms with van der Waals surface area (Å²) < 4.78 is 0. The summed E-state index contributed by atoms with van der Waals surface area (Å²) in [5.41, 5.74) is 1.48. The van der Waals surface area contributed by atoms with Crippen molar-refractivity contribution in [1.29, 1.82) is 0 Å². The zero-order valence-electron chi connectivity index (χ0n) is 13.4. The molecule has 4 nitrogen and oxygen atoms in total. The number of nitrogens with one attached hydrogen (secondary N) is 2. The lowest BCUT2D eigenvalue weighted by atomic mass is 9.99. The molecule has 0 aliphatic carbocycles. The number of hydrogen-bond acceptors (Lipinski definition) is 4. The molecular formula is C18H29N3O. The SMILES string of the molecule is C=CCNC1CCN(O)CC1.c1ccc(C2CCNC2)cc1. The molecule has 122 valence electrons. The lowest BCUT2D eigenvalue weighted by Crippen LogP contribution is -2.41. The Hall–Kier alpha value is -1.20. The first-order chi connectivity index (χ1) is 10.8. The van der Waals surface area contributed by atoms with E-state index in [0.29, 0.717) is 6.04 Å². The smallest absolute Gasteiger partial charge is 0.0253 e. The Bertz CT molecular complexity index is 410. The van der Waals surface area contributed by atoms with Gasteiger partial charge >= 0.3 is 0 Å². The molecule has 3 N–H and O–H groups in total. The Balaban J connectivity index is 0.000000160. The minimum absolute atomic E-state index is 0.566. The Labute approximate surface area is 134 Å². The fraction of sp³-hybridized carbons (Fsp3) is 0.556. The number of hydroxylamine groups is 2. The number of nitrogens with zero attached hydrogens (tertiary/aromatic N) is 1. The first kappa shape index (κ1) is 17.2. The van der Waals surface area contributed by atoms with Crippen molar-refractivity contribution in [2.24, 2.45) is 0 Å². The van der Waals surface area contributed by atoms with Crippen LogP contribution in [0.15, 0.2) is 43.0 Å². The molecule has 2 aliphatic heterocycles. The minimum Gasteiger partial charge on any atom is -0.316 e. The van der Waals surface area contributed by atoms with Crippen LogP contribution in [0.3, 0.4) is 0 Å². The lowest BCUT2D eigenvalue weighted by molar-refractivity contribution is -0.107. The van der Waals surface area contributed by atoms with Crippen molar-refractivity contribution >= 4 is 0 Å². The van der Waals surface area contributed by atoms with E-state index in [1.165, 1.54) is 23.6 Å². The summed E-state index contributed by atoms with van der Waals surface area (Å²) >= 11 is 0. The number of benzene rings is 1. The quantitative estimate of drug-likeness (QED) is 0.748. The van der Waals surface area contributed by atoms with E-state index in [-0.39, 0.29) is 0 Å². The molecule has 0 saturated carbocycles. The third kappa shape index (κ3) is 5.89. The molecule has 4 heteroatoms. The minimum atomic E-state index is 0.566. The van der Waals surface area contributed by atoms with E-state index in [4.69, 9.17) is 5.21 Å². The highest BCUT2D eigenvalue weighted by atomic mass is 16.5. The van der Waals surface area contributed by atoms with Crippen molar-refractivity contribution in [2.75, 3.05) is 32.7 Å². The Morgan fingerprint density at radius 1 is 1.23 bits per heavy atom. The summed E-state index contributed by atoms with van der Waals surface area (Å²) in [5, 5.41) is 17.1. The van der Waals surface area contributed by atoms with Crippen LogP contribution in [0.5, 0.6) is 0 Å². The molecule has 2 saturated heterocycles. The maximum atomic E-state index is 9.04. The van der Waals surface area contributed by atoms with Crippen LogP contribution in [0.25, 0.3) is 0 Å². The standard InChI is InChI=1S/C10H13N.C8H16N2O/c1-2-4-9(5-3-1)10-6-7-11-8-10;1-2-5-9-8-3-6-10(11)7-4-8/h1-5,10-11H,6-8H2;2,8-9,11H,1,3-7H2. The van der Waals surface area contributed by atoms with Gasteiger partial charge in [0.1, 0.15) is 0 Å². The van der Waals surface area contributed by atoms with Crippen LogP contribution in [0.4, 0.5) is 0 Å². The molecule has 1 aromatic carbocycles. The van der Waals surface area contributed by atoms with Crippen LogP contribution in [-0.4, -0.2) is 49.0 Å². The predicted octanol–water partition coefficient (Wildman–Crippen LogP) is 2.38. The molecule has 2 fully saturated rings. The second-order valence-corrected chi connectivity index (χ2v) is 6.03. The number of rotatable bonds is 4. The van der Waals surface area contributed by atoms with Crippen LogP contribution < -0.4 is 10.6 Å². The summed E-state index contributed by atoms with van der Waals surface area (Å²) in [5.74, 6) is 0.760. The summed E-state index contributed by atoms with van der Waals surface area (Å²) in [7, 11) is 0. The average molecular weight is 303 g/mol. The van der Waals surface area contributed by atoms with Crippen molar-refractivity contribution in [3.8, 4) is 0 Å². The van der Waals surface area contributed by atoms with Crippen molar-refractivity contribution in [3.63, 3.8) is 0 Å². The molecule has 0 bridgehead atoms. The van der Waals surface area contributed by atoms with Gasteiger partial charge < -0.3 is 15.8 Å². The first-order valence-electron chi connectivity index (χ1n) is 8.33. The van der Waals surface area contributed by atoms with Crippen LogP contribution >= 0.6 is 0 Å². The lowest BCUT2D eigenvalue weighted by Gasteiger charge is -2.27. The van der Waals surface area contributed by atoms with Gasteiger partial charge in [0.05, 0.1) is 0 Å². The maximum Gasteiger partial charge on any atom is 0.0253 e. The molecule has 0 amide bonds. The van der Waals surface area contributed by atoms with Gasteiger partial charge in [-0.05, 0) is 37.3 Å². The summed E-state index contributed by atoms with van der Waals surface area (Å²) in [6.45, 7) is 8.42. The molecule has 0 aromatic heterocycles. The zero-order valence-corrected chi connectivity index (χ0v) is 13.4. The van der Waals surface area contributed by atoms with E-state index in [2.05, 4.69) is 47.5 Å². The number of piperidine rings is 1. The summed E-state index contributed by atoms with van der Waals surface area (Å²) in [6.07, 6.45) is 5.23. The highest BCUT2D eigenvalue weighted by Gasteiger charge is 2.16. The Morgan fingerprint density at radius 2 is 1.95 bits per heavy atom. The van der Waals surface area contributed by atoms with Gasteiger partial charge in [0.15, 0.2) is 0 Å². The van der Waals surface area contributed by atoms with E-state index in [1.54, 1.807) is 0 Å². The summed E-state index contributed by atoms with van der Waals surface area (Å²) in [6, 6.07) is 11.3. The van der Waals surface area contributed by atoms with Crippen LogP contribution in [0, 0.1) is 0 Å². The van der Waals surface area contributed by atoms with Gasteiger partial charge in [-0.15, -0.1) is 6.58 Å². The van der Waals surface area contributed by atoms with Crippen molar-refractivity contribution in [2.45, 2.75) is 31.2 Å². The Morgan fingerprint density at radius 3 is 2.55 bits per heavy atom. The van der Waals surface area contributed by atoms with Gasteiger partial charge in [-0.3, -0.25) is 0 Å². The van der Waals surface area contributed by atoms with E-state index in [1.807, 2.05) is 6.08 Å². The molecule has 3 rings (SSSR count). The van der Waals surface area contributed by atoms with Gasteiger partial charge in [-0.1, -0.05) is 36.4 Å². The van der Waals surface area contributed by atoms with Crippen LogP contribution in [0.2, 0.25) is 0 Å².